The minimum absolute atomic E-state index is 0.0239. The van der Waals surface area contributed by atoms with Crippen LogP contribution in [0.15, 0.2) is 63.7 Å². The SMILES string of the molecule is CN1Cc2cc3ccn(-c4ccc(CC(=O)CS(=O)(=O)c5cc(Cl)c(Cl)s5)cc4)c(=O)c3cc2C1. The Hall–Kier alpha value is -2.49. The van der Waals surface area contributed by atoms with Crippen LogP contribution in [0, 0.1) is 0 Å². The molecule has 1 aliphatic rings. The minimum atomic E-state index is -3.82. The molecule has 0 radical (unpaired) electrons. The number of benzene rings is 2. The molecular formula is C25H20Cl2N2O4S2. The molecule has 2 aromatic carbocycles. The predicted molar refractivity (Wildman–Crippen MR) is 140 cm³/mol. The summed E-state index contributed by atoms with van der Waals surface area (Å²) in [6.07, 6.45) is 1.71. The van der Waals surface area contributed by atoms with E-state index in [2.05, 4.69) is 18.0 Å². The lowest BCUT2D eigenvalue weighted by Gasteiger charge is -2.10. The first-order chi connectivity index (χ1) is 16.6. The van der Waals surface area contributed by atoms with Crippen LogP contribution in [0.4, 0.5) is 0 Å². The Labute approximate surface area is 216 Å². The highest BCUT2D eigenvalue weighted by Gasteiger charge is 2.23. The molecule has 0 bridgehead atoms. The van der Waals surface area contributed by atoms with Crippen LogP contribution in [0.3, 0.4) is 0 Å². The minimum Gasteiger partial charge on any atom is -0.298 e. The summed E-state index contributed by atoms with van der Waals surface area (Å²) >= 11 is 12.5. The molecule has 0 atom stereocenters. The van der Waals surface area contributed by atoms with Crippen molar-refractivity contribution >= 4 is 60.9 Å². The van der Waals surface area contributed by atoms with Gasteiger partial charge in [-0.05, 0) is 65.5 Å². The maximum Gasteiger partial charge on any atom is 0.262 e. The molecule has 6 nitrogen and oxygen atoms in total. The zero-order valence-electron chi connectivity index (χ0n) is 18.6. The Bertz CT molecular complexity index is 1620. The molecule has 180 valence electrons. The lowest BCUT2D eigenvalue weighted by molar-refractivity contribution is -0.116. The number of nitrogens with zero attached hydrogens (tertiary/aromatic N) is 2. The monoisotopic (exact) mass is 546 g/mol. The third-order valence-corrected chi connectivity index (χ3v) is 10.1. The van der Waals surface area contributed by atoms with Crippen LogP contribution in [-0.4, -0.2) is 36.5 Å². The van der Waals surface area contributed by atoms with Crippen molar-refractivity contribution in [3.8, 4) is 5.69 Å². The van der Waals surface area contributed by atoms with Crippen molar-refractivity contribution in [2.75, 3.05) is 12.8 Å². The van der Waals surface area contributed by atoms with Crippen molar-refractivity contribution in [2.45, 2.75) is 23.7 Å². The van der Waals surface area contributed by atoms with Crippen molar-refractivity contribution in [2.24, 2.45) is 0 Å². The van der Waals surface area contributed by atoms with Gasteiger partial charge in [-0.15, -0.1) is 11.3 Å². The zero-order valence-corrected chi connectivity index (χ0v) is 21.8. The number of ketones is 1. The standard InChI is InChI=1S/C25H20Cl2N2O4S2/c1-28-12-17-9-16-6-7-29(25(31)21(16)10-18(17)13-28)19-4-2-15(3-5-19)8-20(30)14-35(32,33)23-11-22(26)24(27)34-23/h2-7,9-11H,8,12-14H2,1H3. The van der Waals surface area contributed by atoms with Crippen LogP contribution < -0.4 is 5.56 Å². The maximum absolute atomic E-state index is 13.2. The Morgan fingerprint density at radius 2 is 1.71 bits per heavy atom. The van der Waals surface area contributed by atoms with E-state index >= 15 is 0 Å². The Morgan fingerprint density at radius 3 is 2.37 bits per heavy atom. The molecule has 35 heavy (non-hydrogen) atoms. The number of rotatable bonds is 6. The van der Waals surface area contributed by atoms with E-state index in [1.165, 1.54) is 17.2 Å². The number of pyridine rings is 1. The van der Waals surface area contributed by atoms with E-state index < -0.39 is 21.4 Å². The highest BCUT2D eigenvalue weighted by molar-refractivity contribution is 7.94. The molecule has 10 heteroatoms. The summed E-state index contributed by atoms with van der Waals surface area (Å²) in [4.78, 5) is 27.9. The van der Waals surface area contributed by atoms with Gasteiger partial charge in [0.25, 0.3) is 5.56 Å². The van der Waals surface area contributed by atoms with Crippen LogP contribution in [0.1, 0.15) is 16.7 Å². The molecule has 0 aliphatic carbocycles. The second-order valence-electron chi connectivity index (χ2n) is 8.70. The van der Waals surface area contributed by atoms with Gasteiger partial charge in [-0.25, -0.2) is 8.42 Å². The predicted octanol–water partition coefficient (Wildman–Crippen LogP) is 4.89. The zero-order chi connectivity index (χ0) is 24.9. The largest absolute Gasteiger partial charge is 0.298 e. The summed E-state index contributed by atoms with van der Waals surface area (Å²) in [5.74, 6) is -1.08. The van der Waals surface area contributed by atoms with Gasteiger partial charge in [0, 0.05) is 36.8 Å². The summed E-state index contributed by atoms with van der Waals surface area (Å²) in [5, 5.41) is 1.73. The number of fused-ring (bicyclic) bond motifs is 2. The molecule has 3 heterocycles. The summed E-state index contributed by atoms with van der Waals surface area (Å²) in [5.41, 5.74) is 3.64. The Balaban J connectivity index is 1.34. The molecular weight excluding hydrogens is 527 g/mol. The quantitative estimate of drug-likeness (QED) is 0.344. The van der Waals surface area contributed by atoms with Crippen molar-refractivity contribution in [1.29, 1.82) is 0 Å². The summed E-state index contributed by atoms with van der Waals surface area (Å²) in [6, 6.07) is 14.2. The number of hydrogen-bond donors (Lipinski definition) is 0. The van der Waals surface area contributed by atoms with Crippen LogP contribution in [0.5, 0.6) is 0 Å². The van der Waals surface area contributed by atoms with Gasteiger partial charge in [-0.2, -0.15) is 0 Å². The van der Waals surface area contributed by atoms with Gasteiger partial charge in [0.05, 0.1) is 5.02 Å². The molecule has 1 aliphatic heterocycles. The molecule has 2 aromatic heterocycles. The van der Waals surface area contributed by atoms with Gasteiger partial charge in [-0.3, -0.25) is 19.1 Å². The van der Waals surface area contributed by atoms with E-state index in [1.54, 1.807) is 35.0 Å². The van der Waals surface area contributed by atoms with E-state index in [-0.39, 0.29) is 25.5 Å². The van der Waals surface area contributed by atoms with E-state index in [4.69, 9.17) is 23.2 Å². The normalized spacial score (nSPS) is 13.9. The first-order valence-corrected chi connectivity index (χ1v) is 14.0. The first kappa shape index (κ1) is 24.2. The molecule has 0 N–H and O–H groups in total. The van der Waals surface area contributed by atoms with E-state index in [0.717, 1.165) is 29.8 Å². The average Bonchev–Trinajstić information content (AvgIpc) is 3.34. The molecule has 0 amide bonds. The van der Waals surface area contributed by atoms with Crippen molar-refractivity contribution in [1.82, 2.24) is 9.47 Å². The fourth-order valence-electron chi connectivity index (χ4n) is 4.34. The van der Waals surface area contributed by atoms with Gasteiger partial charge in [-0.1, -0.05) is 35.3 Å². The van der Waals surface area contributed by atoms with Crippen molar-refractivity contribution in [3.05, 3.63) is 91.1 Å². The van der Waals surface area contributed by atoms with Crippen LogP contribution in [0.25, 0.3) is 16.5 Å². The number of aromatic nitrogens is 1. The molecule has 4 aromatic rings. The second kappa shape index (κ2) is 9.19. The molecule has 0 saturated heterocycles. The number of carbonyl (C=O) groups is 1. The lowest BCUT2D eigenvalue weighted by atomic mass is 10.0. The van der Waals surface area contributed by atoms with E-state index in [0.29, 0.717) is 16.6 Å². The van der Waals surface area contributed by atoms with Crippen molar-refractivity contribution in [3.63, 3.8) is 0 Å². The van der Waals surface area contributed by atoms with Crippen LogP contribution in [0.2, 0.25) is 9.36 Å². The van der Waals surface area contributed by atoms with E-state index in [1.807, 2.05) is 12.1 Å². The van der Waals surface area contributed by atoms with Crippen LogP contribution in [-0.2, 0) is 34.1 Å². The van der Waals surface area contributed by atoms with Gasteiger partial charge in [0.15, 0.2) is 15.6 Å². The second-order valence-corrected chi connectivity index (χ2v) is 13.0. The third kappa shape index (κ3) is 4.81. The smallest absolute Gasteiger partial charge is 0.262 e. The van der Waals surface area contributed by atoms with Gasteiger partial charge in [0.2, 0.25) is 0 Å². The molecule has 5 rings (SSSR count). The van der Waals surface area contributed by atoms with E-state index in [9.17, 15) is 18.0 Å². The van der Waals surface area contributed by atoms with Gasteiger partial charge < -0.3 is 0 Å². The van der Waals surface area contributed by atoms with Crippen LogP contribution >= 0.6 is 34.5 Å². The topological polar surface area (TPSA) is 76.5 Å². The summed E-state index contributed by atoms with van der Waals surface area (Å²) in [6.45, 7) is 1.70. The number of thiophene rings is 1. The number of hydrogen-bond acceptors (Lipinski definition) is 6. The maximum atomic E-state index is 13.2. The number of halogens is 2. The number of sulfone groups is 1. The molecule has 0 spiro atoms. The average molecular weight is 547 g/mol. The van der Waals surface area contributed by atoms with Gasteiger partial charge in [0.1, 0.15) is 14.3 Å². The van der Waals surface area contributed by atoms with Crippen molar-refractivity contribution < 1.29 is 13.2 Å². The first-order valence-electron chi connectivity index (χ1n) is 10.7. The molecule has 0 unspecified atom stereocenters. The Kier molecular flexibility index (Phi) is 6.35. The van der Waals surface area contributed by atoms with Gasteiger partial charge >= 0.3 is 0 Å². The highest BCUT2D eigenvalue weighted by Crippen LogP contribution is 2.34. The Morgan fingerprint density at radius 1 is 1.03 bits per heavy atom. The summed E-state index contributed by atoms with van der Waals surface area (Å²) in [7, 11) is -1.76. The third-order valence-electron chi connectivity index (χ3n) is 6.00. The highest BCUT2D eigenvalue weighted by atomic mass is 35.5. The number of Topliss-reactive ketones (excluding diaryl/α,β-unsaturated/α-hetero) is 1. The fraction of sp³-hybridized carbons (Fsp3) is 0.200. The lowest BCUT2D eigenvalue weighted by Crippen LogP contribution is -2.18. The molecule has 0 fully saturated rings. The summed E-state index contributed by atoms with van der Waals surface area (Å²) < 4.78 is 26.7. The fourth-order valence-corrected chi connectivity index (χ4v) is 7.54. The molecule has 0 saturated carbocycles. The number of carbonyl (C=O) groups excluding carboxylic acids is 1.